The van der Waals surface area contributed by atoms with Gasteiger partial charge in [-0.2, -0.15) is 0 Å². The van der Waals surface area contributed by atoms with Crippen molar-refractivity contribution in [2.45, 2.75) is 19.3 Å². The summed E-state index contributed by atoms with van der Waals surface area (Å²) in [5, 5.41) is 0. The van der Waals surface area contributed by atoms with Crippen LogP contribution in [0.2, 0.25) is 0 Å². The Morgan fingerprint density at radius 3 is 2.93 bits per heavy atom. The zero-order valence-corrected chi connectivity index (χ0v) is 9.06. The first-order chi connectivity index (χ1) is 7.17. The second-order valence-electron chi connectivity index (χ2n) is 3.44. The van der Waals surface area contributed by atoms with Gasteiger partial charge in [-0.25, -0.2) is 0 Å². The highest BCUT2D eigenvalue weighted by Gasteiger charge is 2.14. The van der Waals surface area contributed by atoms with Crippen LogP contribution in [0.3, 0.4) is 0 Å². The molecule has 1 heterocycles. The molecule has 0 aliphatic rings. The molecule has 0 fully saturated rings. The van der Waals surface area contributed by atoms with E-state index in [1.807, 2.05) is 19.1 Å². The summed E-state index contributed by atoms with van der Waals surface area (Å²) in [5.41, 5.74) is 7.59. The first-order valence-corrected chi connectivity index (χ1v) is 4.86. The maximum atomic E-state index is 11.1. The van der Waals surface area contributed by atoms with Crippen molar-refractivity contribution in [3.05, 3.63) is 29.6 Å². The maximum Gasteiger partial charge on any atom is 0.306 e. The number of ether oxygens (including phenoxy) is 1. The van der Waals surface area contributed by atoms with Crippen molar-refractivity contribution in [1.82, 2.24) is 4.98 Å². The van der Waals surface area contributed by atoms with Crippen molar-refractivity contribution in [3.8, 4) is 0 Å². The molecular formula is C11H16N2O2. The molecule has 0 aromatic carbocycles. The number of hydrogen-bond donors (Lipinski definition) is 1. The van der Waals surface area contributed by atoms with E-state index in [1.54, 1.807) is 6.20 Å². The van der Waals surface area contributed by atoms with E-state index in [-0.39, 0.29) is 11.9 Å². The standard InChI is InChI=1S/C11H16N2O2/c1-8-5-9(3-4-13-8)10(7-12)6-11(14)15-2/h3-5,10H,6-7,12H2,1-2H3. The predicted octanol–water partition coefficient (Wildman–Crippen LogP) is 0.995. The van der Waals surface area contributed by atoms with Gasteiger partial charge in [0.1, 0.15) is 0 Å². The monoisotopic (exact) mass is 208 g/mol. The number of carbonyl (C=O) groups is 1. The summed E-state index contributed by atoms with van der Waals surface area (Å²) in [6, 6.07) is 3.83. The highest BCUT2D eigenvalue weighted by atomic mass is 16.5. The van der Waals surface area contributed by atoms with Gasteiger partial charge in [-0.15, -0.1) is 0 Å². The second kappa shape index (κ2) is 5.46. The molecule has 1 rings (SSSR count). The lowest BCUT2D eigenvalue weighted by Crippen LogP contribution is -2.17. The molecule has 0 amide bonds. The van der Waals surface area contributed by atoms with E-state index < -0.39 is 0 Å². The summed E-state index contributed by atoms with van der Waals surface area (Å²) < 4.78 is 4.62. The first kappa shape index (κ1) is 11.7. The quantitative estimate of drug-likeness (QED) is 0.749. The summed E-state index contributed by atoms with van der Waals surface area (Å²) in [5.74, 6) is -0.223. The van der Waals surface area contributed by atoms with E-state index in [0.717, 1.165) is 11.3 Å². The summed E-state index contributed by atoms with van der Waals surface area (Å²) in [7, 11) is 1.38. The highest BCUT2D eigenvalue weighted by molar-refractivity contribution is 5.70. The molecule has 0 bridgehead atoms. The fourth-order valence-electron chi connectivity index (χ4n) is 1.44. The van der Waals surface area contributed by atoms with E-state index >= 15 is 0 Å². The molecule has 0 aliphatic carbocycles. The number of nitrogens with zero attached hydrogens (tertiary/aromatic N) is 1. The van der Waals surface area contributed by atoms with Gasteiger partial charge in [-0.3, -0.25) is 9.78 Å². The number of hydrogen-bond acceptors (Lipinski definition) is 4. The van der Waals surface area contributed by atoms with Crippen molar-refractivity contribution in [2.75, 3.05) is 13.7 Å². The Hall–Kier alpha value is -1.42. The number of aromatic nitrogens is 1. The minimum atomic E-state index is -0.236. The molecule has 1 aromatic rings. The van der Waals surface area contributed by atoms with E-state index in [9.17, 15) is 4.79 Å². The fourth-order valence-corrected chi connectivity index (χ4v) is 1.44. The van der Waals surface area contributed by atoms with Gasteiger partial charge >= 0.3 is 5.97 Å². The average molecular weight is 208 g/mol. The summed E-state index contributed by atoms with van der Waals surface area (Å²) in [6.07, 6.45) is 2.04. The molecule has 0 saturated carbocycles. The molecule has 82 valence electrons. The smallest absolute Gasteiger partial charge is 0.306 e. The molecule has 15 heavy (non-hydrogen) atoms. The van der Waals surface area contributed by atoms with Crippen LogP contribution in [0.5, 0.6) is 0 Å². The Balaban J connectivity index is 2.78. The molecule has 4 nitrogen and oxygen atoms in total. The van der Waals surface area contributed by atoms with Crippen molar-refractivity contribution >= 4 is 5.97 Å². The molecule has 1 aromatic heterocycles. The summed E-state index contributed by atoms with van der Waals surface area (Å²) in [6.45, 7) is 2.34. The number of esters is 1. The van der Waals surface area contributed by atoms with Gasteiger partial charge < -0.3 is 10.5 Å². The van der Waals surface area contributed by atoms with Crippen LogP contribution in [0.15, 0.2) is 18.3 Å². The van der Waals surface area contributed by atoms with Crippen LogP contribution in [0.1, 0.15) is 23.6 Å². The van der Waals surface area contributed by atoms with E-state index in [1.165, 1.54) is 7.11 Å². The zero-order chi connectivity index (χ0) is 11.3. The third kappa shape index (κ3) is 3.32. The molecule has 4 heteroatoms. The van der Waals surface area contributed by atoms with Gasteiger partial charge in [-0.05, 0) is 31.2 Å². The van der Waals surface area contributed by atoms with Crippen LogP contribution in [0.4, 0.5) is 0 Å². The Bertz CT molecular complexity index is 339. The minimum absolute atomic E-state index is 0.0131. The molecule has 1 unspecified atom stereocenters. The van der Waals surface area contributed by atoms with Crippen LogP contribution in [-0.2, 0) is 9.53 Å². The van der Waals surface area contributed by atoms with Crippen molar-refractivity contribution in [2.24, 2.45) is 5.73 Å². The van der Waals surface area contributed by atoms with Crippen LogP contribution >= 0.6 is 0 Å². The third-order valence-corrected chi connectivity index (χ3v) is 2.32. The van der Waals surface area contributed by atoms with Crippen LogP contribution < -0.4 is 5.73 Å². The Morgan fingerprint density at radius 1 is 1.67 bits per heavy atom. The Labute approximate surface area is 89.5 Å². The van der Waals surface area contributed by atoms with Crippen LogP contribution in [0, 0.1) is 6.92 Å². The highest BCUT2D eigenvalue weighted by Crippen LogP contribution is 2.18. The second-order valence-corrected chi connectivity index (χ2v) is 3.44. The number of rotatable bonds is 4. The first-order valence-electron chi connectivity index (χ1n) is 4.86. The van der Waals surface area contributed by atoms with Crippen molar-refractivity contribution in [3.63, 3.8) is 0 Å². The molecule has 1 atom stereocenters. The molecular weight excluding hydrogens is 192 g/mol. The zero-order valence-electron chi connectivity index (χ0n) is 9.06. The lowest BCUT2D eigenvalue weighted by molar-refractivity contribution is -0.141. The number of carbonyl (C=O) groups excluding carboxylic acids is 1. The summed E-state index contributed by atoms with van der Waals surface area (Å²) in [4.78, 5) is 15.2. The fraction of sp³-hybridized carbons (Fsp3) is 0.455. The van der Waals surface area contributed by atoms with Gasteiger partial charge in [-0.1, -0.05) is 0 Å². The van der Waals surface area contributed by atoms with Gasteiger partial charge in [0, 0.05) is 17.8 Å². The Kier molecular flexibility index (Phi) is 4.24. The third-order valence-electron chi connectivity index (χ3n) is 2.32. The van der Waals surface area contributed by atoms with Crippen LogP contribution in [-0.4, -0.2) is 24.6 Å². The number of nitrogens with two attached hydrogens (primary N) is 1. The van der Waals surface area contributed by atoms with Crippen molar-refractivity contribution in [1.29, 1.82) is 0 Å². The SMILES string of the molecule is COC(=O)CC(CN)c1ccnc(C)c1. The molecule has 2 N–H and O–H groups in total. The van der Waals surface area contributed by atoms with Gasteiger partial charge in [0.2, 0.25) is 0 Å². The van der Waals surface area contributed by atoms with Crippen LogP contribution in [0.25, 0.3) is 0 Å². The lowest BCUT2D eigenvalue weighted by Gasteiger charge is -2.13. The van der Waals surface area contributed by atoms with Crippen molar-refractivity contribution < 1.29 is 9.53 Å². The minimum Gasteiger partial charge on any atom is -0.469 e. The molecule has 0 spiro atoms. The van der Waals surface area contributed by atoms with E-state index in [4.69, 9.17) is 5.73 Å². The average Bonchev–Trinajstić information content (AvgIpc) is 2.25. The predicted molar refractivity (Wildman–Crippen MR) is 57.4 cm³/mol. The summed E-state index contributed by atoms with van der Waals surface area (Å²) >= 11 is 0. The molecule has 0 saturated heterocycles. The molecule has 0 radical (unpaired) electrons. The number of aryl methyl sites for hydroxylation is 1. The van der Waals surface area contributed by atoms with Gasteiger partial charge in [0.25, 0.3) is 0 Å². The lowest BCUT2D eigenvalue weighted by atomic mass is 9.96. The Morgan fingerprint density at radius 2 is 2.40 bits per heavy atom. The van der Waals surface area contributed by atoms with E-state index in [0.29, 0.717) is 13.0 Å². The number of pyridine rings is 1. The van der Waals surface area contributed by atoms with Gasteiger partial charge in [0.05, 0.1) is 13.5 Å². The largest absolute Gasteiger partial charge is 0.469 e. The normalized spacial score (nSPS) is 12.2. The van der Waals surface area contributed by atoms with Gasteiger partial charge in [0.15, 0.2) is 0 Å². The topological polar surface area (TPSA) is 65.2 Å². The maximum absolute atomic E-state index is 11.1. The number of methoxy groups -OCH3 is 1. The molecule has 0 aliphatic heterocycles. The van der Waals surface area contributed by atoms with E-state index in [2.05, 4.69) is 9.72 Å².